The number of benzene rings is 1. The largest absolute Gasteiger partial charge is 0.303 e. The molecule has 0 aliphatic carbocycles. The van der Waals surface area contributed by atoms with E-state index in [4.69, 9.17) is 11.6 Å². The van der Waals surface area contributed by atoms with Gasteiger partial charge in [0, 0.05) is 17.1 Å². The van der Waals surface area contributed by atoms with E-state index in [1.54, 1.807) is 6.33 Å². The molecule has 1 unspecified atom stereocenters. The van der Waals surface area contributed by atoms with Crippen LogP contribution in [0.3, 0.4) is 0 Å². The predicted octanol–water partition coefficient (Wildman–Crippen LogP) is 3.36. The lowest BCUT2D eigenvalue weighted by atomic mass is 10.1. The molecule has 19 heavy (non-hydrogen) atoms. The van der Waals surface area contributed by atoms with Gasteiger partial charge in [-0.1, -0.05) is 23.7 Å². The van der Waals surface area contributed by atoms with Gasteiger partial charge in [0.05, 0.1) is 6.54 Å². The third-order valence-electron chi connectivity index (χ3n) is 3.05. The lowest BCUT2D eigenvalue weighted by molar-refractivity contribution is 0.473. The van der Waals surface area contributed by atoms with Crippen LogP contribution in [0.2, 0.25) is 5.02 Å². The minimum absolute atomic E-state index is 0.219. The van der Waals surface area contributed by atoms with Crippen molar-refractivity contribution < 1.29 is 0 Å². The first-order valence-corrected chi connectivity index (χ1v) is 6.83. The fourth-order valence-electron chi connectivity index (χ4n) is 1.97. The highest BCUT2D eigenvalue weighted by molar-refractivity contribution is 6.30. The smallest absolute Gasteiger partial charge is 0.141 e. The minimum atomic E-state index is 0.219. The first kappa shape index (κ1) is 14.0. The molecule has 0 saturated heterocycles. The van der Waals surface area contributed by atoms with Crippen molar-refractivity contribution >= 4 is 11.6 Å². The third-order valence-corrected chi connectivity index (χ3v) is 3.29. The average molecular weight is 279 g/mol. The van der Waals surface area contributed by atoms with E-state index in [0.29, 0.717) is 12.6 Å². The molecule has 0 amide bonds. The highest BCUT2D eigenvalue weighted by Gasteiger charge is 2.10. The van der Waals surface area contributed by atoms with Crippen LogP contribution in [0.5, 0.6) is 0 Å². The lowest BCUT2D eigenvalue weighted by Gasteiger charge is -2.15. The summed E-state index contributed by atoms with van der Waals surface area (Å²) in [6, 6.07) is 8.43. The van der Waals surface area contributed by atoms with E-state index in [9.17, 15) is 0 Å². The first-order valence-electron chi connectivity index (χ1n) is 6.45. The maximum absolute atomic E-state index is 6.00. The SMILES string of the molecule is CC(NCc1ncnn1C(C)C)c1cccc(Cl)c1. The predicted molar refractivity (Wildman–Crippen MR) is 77.1 cm³/mol. The van der Waals surface area contributed by atoms with Gasteiger partial charge in [-0.25, -0.2) is 9.67 Å². The van der Waals surface area contributed by atoms with Gasteiger partial charge < -0.3 is 5.32 Å². The Balaban J connectivity index is 2.00. The molecular formula is C14H19ClN4. The Morgan fingerprint density at radius 3 is 2.79 bits per heavy atom. The van der Waals surface area contributed by atoms with E-state index in [1.807, 2.05) is 22.9 Å². The van der Waals surface area contributed by atoms with Gasteiger partial charge in [-0.05, 0) is 38.5 Å². The monoisotopic (exact) mass is 278 g/mol. The summed E-state index contributed by atoms with van der Waals surface area (Å²) < 4.78 is 1.93. The molecule has 1 atom stereocenters. The zero-order chi connectivity index (χ0) is 13.8. The molecule has 0 spiro atoms. The Labute approximate surface area is 118 Å². The van der Waals surface area contributed by atoms with Crippen molar-refractivity contribution in [1.82, 2.24) is 20.1 Å². The molecule has 0 radical (unpaired) electrons. The number of halogens is 1. The zero-order valence-electron chi connectivity index (χ0n) is 11.5. The van der Waals surface area contributed by atoms with Gasteiger partial charge in [0.2, 0.25) is 0 Å². The Morgan fingerprint density at radius 1 is 1.32 bits per heavy atom. The van der Waals surface area contributed by atoms with Crippen molar-refractivity contribution in [1.29, 1.82) is 0 Å². The standard InChI is InChI=1S/C14H19ClN4/c1-10(2)19-14(17-9-18-19)8-16-11(3)12-5-4-6-13(15)7-12/h4-7,9-11,16H,8H2,1-3H3. The highest BCUT2D eigenvalue weighted by atomic mass is 35.5. The average Bonchev–Trinajstić information content (AvgIpc) is 2.84. The molecule has 1 N–H and O–H groups in total. The summed E-state index contributed by atoms with van der Waals surface area (Å²) in [5.74, 6) is 0.948. The second kappa shape index (κ2) is 6.17. The molecule has 0 fully saturated rings. The lowest BCUT2D eigenvalue weighted by Crippen LogP contribution is -2.21. The molecule has 5 heteroatoms. The summed E-state index contributed by atoms with van der Waals surface area (Å²) in [7, 11) is 0. The van der Waals surface area contributed by atoms with Gasteiger partial charge >= 0.3 is 0 Å². The summed E-state index contributed by atoms with van der Waals surface area (Å²) in [4.78, 5) is 4.28. The molecule has 2 aromatic rings. The molecule has 1 heterocycles. The summed E-state index contributed by atoms with van der Waals surface area (Å²) in [6.45, 7) is 6.99. The quantitative estimate of drug-likeness (QED) is 0.912. The van der Waals surface area contributed by atoms with Gasteiger partial charge in [0.15, 0.2) is 0 Å². The second-order valence-electron chi connectivity index (χ2n) is 4.87. The number of aromatic nitrogens is 3. The number of nitrogens with one attached hydrogen (secondary N) is 1. The van der Waals surface area contributed by atoms with Crippen molar-refractivity contribution in [2.75, 3.05) is 0 Å². The number of hydrogen-bond donors (Lipinski definition) is 1. The van der Waals surface area contributed by atoms with Gasteiger partial charge in [-0.15, -0.1) is 0 Å². The van der Waals surface area contributed by atoms with E-state index < -0.39 is 0 Å². The van der Waals surface area contributed by atoms with Crippen LogP contribution in [0.25, 0.3) is 0 Å². The highest BCUT2D eigenvalue weighted by Crippen LogP contribution is 2.17. The van der Waals surface area contributed by atoms with Crippen molar-refractivity contribution in [3.8, 4) is 0 Å². The van der Waals surface area contributed by atoms with E-state index in [-0.39, 0.29) is 6.04 Å². The molecule has 102 valence electrons. The van der Waals surface area contributed by atoms with Crippen LogP contribution in [0.4, 0.5) is 0 Å². The van der Waals surface area contributed by atoms with Crippen LogP contribution in [0, 0.1) is 0 Å². The molecule has 1 aromatic heterocycles. The van der Waals surface area contributed by atoms with Crippen LogP contribution < -0.4 is 5.32 Å². The Kier molecular flexibility index (Phi) is 4.56. The molecule has 4 nitrogen and oxygen atoms in total. The maximum Gasteiger partial charge on any atom is 0.141 e. The molecule has 0 aliphatic rings. The summed E-state index contributed by atoms with van der Waals surface area (Å²) in [5, 5.41) is 8.43. The number of rotatable bonds is 5. The van der Waals surface area contributed by atoms with E-state index >= 15 is 0 Å². The summed E-state index contributed by atoms with van der Waals surface area (Å²) in [5.41, 5.74) is 1.17. The molecular weight excluding hydrogens is 260 g/mol. The van der Waals surface area contributed by atoms with E-state index in [0.717, 1.165) is 10.8 Å². The van der Waals surface area contributed by atoms with Gasteiger partial charge in [0.25, 0.3) is 0 Å². The second-order valence-corrected chi connectivity index (χ2v) is 5.31. The summed E-state index contributed by atoms with van der Waals surface area (Å²) >= 11 is 6.00. The molecule has 0 bridgehead atoms. The van der Waals surface area contributed by atoms with Crippen LogP contribution >= 0.6 is 11.6 Å². The zero-order valence-corrected chi connectivity index (χ0v) is 12.2. The van der Waals surface area contributed by atoms with Crippen molar-refractivity contribution in [2.24, 2.45) is 0 Å². The fourth-order valence-corrected chi connectivity index (χ4v) is 2.17. The third kappa shape index (κ3) is 3.55. The van der Waals surface area contributed by atoms with Gasteiger partial charge in [0.1, 0.15) is 12.2 Å². The Hall–Kier alpha value is -1.39. The topological polar surface area (TPSA) is 42.7 Å². The molecule has 0 saturated carbocycles. The minimum Gasteiger partial charge on any atom is -0.303 e. The van der Waals surface area contributed by atoms with E-state index in [2.05, 4.69) is 42.2 Å². The van der Waals surface area contributed by atoms with Gasteiger partial charge in [-0.2, -0.15) is 5.10 Å². The molecule has 2 rings (SSSR count). The fraction of sp³-hybridized carbons (Fsp3) is 0.429. The normalized spacial score (nSPS) is 12.9. The van der Waals surface area contributed by atoms with Crippen LogP contribution in [0.15, 0.2) is 30.6 Å². The van der Waals surface area contributed by atoms with E-state index in [1.165, 1.54) is 5.56 Å². The van der Waals surface area contributed by atoms with Crippen molar-refractivity contribution in [3.63, 3.8) is 0 Å². The van der Waals surface area contributed by atoms with Crippen LogP contribution in [0.1, 0.15) is 44.2 Å². The maximum atomic E-state index is 6.00. The summed E-state index contributed by atoms with van der Waals surface area (Å²) in [6.07, 6.45) is 1.60. The number of nitrogens with zero attached hydrogens (tertiary/aromatic N) is 3. The van der Waals surface area contributed by atoms with Gasteiger partial charge in [-0.3, -0.25) is 0 Å². The number of hydrogen-bond acceptors (Lipinski definition) is 3. The van der Waals surface area contributed by atoms with Crippen molar-refractivity contribution in [2.45, 2.75) is 39.4 Å². The van der Waals surface area contributed by atoms with Crippen LogP contribution in [-0.4, -0.2) is 14.8 Å². The first-order chi connectivity index (χ1) is 9.08. The Morgan fingerprint density at radius 2 is 2.11 bits per heavy atom. The van der Waals surface area contributed by atoms with Crippen molar-refractivity contribution in [3.05, 3.63) is 47.0 Å². The Bertz CT molecular complexity index is 536. The molecule has 0 aliphatic heterocycles. The van der Waals surface area contributed by atoms with Crippen LogP contribution in [-0.2, 0) is 6.54 Å². The molecule has 1 aromatic carbocycles.